The first-order valence-corrected chi connectivity index (χ1v) is 7.21. The molecule has 1 N–H and O–H groups in total. The maximum absolute atomic E-state index is 4.20. The lowest BCUT2D eigenvalue weighted by atomic mass is 10.1. The van der Waals surface area contributed by atoms with Gasteiger partial charge in [0.2, 0.25) is 0 Å². The molecule has 18 heavy (non-hydrogen) atoms. The van der Waals surface area contributed by atoms with E-state index in [-0.39, 0.29) is 0 Å². The van der Waals surface area contributed by atoms with Crippen LogP contribution in [-0.4, -0.2) is 11.2 Å². The fourth-order valence-corrected chi connectivity index (χ4v) is 2.56. The molecule has 0 saturated heterocycles. The van der Waals surface area contributed by atoms with Crippen LogP contribution in [0.2, 0.25) is 0 Å². The molecule has 0 radical (unpaired) electrons. The third kappa shape index (κ3) is 3.26. The molecule has 0 atom stereocenters. The normalized spacial score (nSPS) is 10.4. The second-order valence-corrected chi connectivity index (χ2v) is 5.20. The highest BCUT2D eigenvalue weighted by molar-refractivity contribution is 7.98. The van der Waals surface area contributed by atoms with Crippen molar-refractivity contribution >= 4 is 17.4 Å². The van der Waals surface area contributed by atoms with Gasteiger partial charge in [-0.1, -0.05) is 12.1 Å². The Morgan fingerprint density at radius 1 is 1.17 bits per heavy atom. The van der Waals surface area contributed by atoms with E-state index in [1.54, 1.807) is 11.8 Å². The van der Waals surface area contributed by atoms with Gasteiger partial charge in [0.15, 0.2) is 0 Å². The Labute approximate surface area is 113 Å². The Kier molecular flexibility index (Phi) is 4.26. The van der Waals surface area contributed by atoms with Crippen LogP contribution in [0.3, 0.4) is 0 Å². The largest absolute Gasteiger partial charge is 0.381 e. The van der Waals surface area contributed by atoms with Crippen molar-refractivity contribution in [1.82, 2.24) is 4.98 Å². The summed E-state index contributed by atoms with van der Waals surface area (Å²) in [6, 6.07) is 10.7. The molecule has 2 nitrogen and oxygen atoms in total. The van der Waals surface area contributed by atoms with Crippen molar-refractivity contribution in [3.8, 4) is 0 Å². The predicted molar refractivity (Wildman–Crippen MR) is 79.3 cm³/mol. The Hall–Kier alpha value is -1.48. The summed E-state index contributed by atoms with van der Waals surface area (Å²) >= 11 is 1.80. The van der Waals surface area contributed by atoms with Crippen LogP contribution < -0.4 is 5.32 Å². The number of aryl methyl sites for hydroxylation is 2. The summed E-state index contributed by atoms with van der Waals surface area (Å²) in [7, 11) is 0. The minimum absolute atomic E-state index is 0.847. The number of hydrogen-bond donors (Lipinski definition) is 1. The number of pyridine rings is 1. The van der Waals surface area contributed by atoms with Gasteiger partial charge in [0.05, 0.1) is 0 Å². The van der Waals surface area contributed by atoms with Gasteiger partial charge in [-0.15, -0.1) is 11.8 Å². The van der Waals surface area contributed by atoms with E-state index in [4.69, 9.17) is 0 Å². The Morgan fingerprint density at radius 2 is 2.00 bits per heavy atom. The zero-order valence-corrected chi connectivity index (χ0v) is 11.8. The van der Waals surface area contributed by atoms with Crippen molar-refractivity contribution in [3.63, 3.8) is 0 Å². The molecule has 0 spiro atoms. The fraction of sp³-hybridized carbons (Fsp3) is 0.267. The maximum Gasteiger partial charge on any atom is 0.0411 e. The van der Waals surface area contributed by atoms with Crippen molar-refractivity contribution in [1.29, 1.82) is 0 Å². The smallest absolute Gasteiger partial charge is 0.0411 e. The Morgan fingerprint density at radius 3 is 2.72 bits per heavy atom. The molecule has 0 aliphatic carbocycles. The third-order valence-corrected chi connectivity index (χ3v) is 3.64. The van der Waals surface area contributed by atoms with Crippen LogP contribution in [0.4, 0.5) is 5.69 Å². The lowest BCUT2D eigenvalue weighted by molar-refractivity contribution is 1.08. The van der Waals surface area contributed by atoms with Gasteiger partial charge in [0.1, 0.15) is 0 Å². The first-order chi connectivity index (χ1) is 8.69. The maximum atomic E-state index is 4.20. The molecule has 0 amide bonds. The molecule has 1 heterocycles. The molecule has 0 saturated carbocycles. The Bertz CT molecular complexity index is 538. The van der Waals surface area contributed by atoms with Crippen LogP contribution in [0, 0.1) is 13.8 Å². The van der Waals surface area contributed by atoms with Gasteiger partial charge in [0, 0.05) is 29.0 Å². The van der Waals surface area contributed by atoms with E-state index >= 15 is 0 Å². The number of benzene rings is 1. The van der Waals surface area contributed by atoms with Crippen LogP contribution in [0.1, 0.15) is 16.8 Å². The first-order valence-electron chi connectivity index (χ1n) is 5.99. The summed E-state index contributed by atoms with van der Waals surface area (Å²) in [6.07, 6.45) is 3.96. The molecular formula is C15H18N2S. The highest BCUT2D eigenvalue weighted by Gasteiger charge is 2.02. The van der Waals surface area contributed by atoms with Crippen LogP contribution >= 0.6 is 11.8 Å². The van der Waals surface area contributed by atoms with E-state index in [9.17, 15) is 0 Å². The van der Waals surface area contributed by atoms with Gasteiger partial charge in [-0.25, -0.2) is 0 Å². The van der Waals surface area contributed by atoms with Crippen molar-refractivity contribution < 1.29 is 0 Å². The molecule has 2 rings (SSSR count). The second kappa shape index (κ2) is 5.91. The number of nitrogens with one attached hydrogen (secondary N) is 1. The van der Waals surface area contributed by atoms with Crippen LogP contribution in [0.15, 0.2) is 41.4 Å². The van der Waals surface area contributed by atoms with E-state index in [0.29, 0.717) is 0 Å². The van der Waals surface area contributed by atoms with Crippen molar-refractivity contribution in [2.45, 2.75) is 25.3 Å². The standard InChI is InChI=1S/C15H18N2S/c1-11-4-5-13(15(8-11)18-3)10-17-14-6-7-16-12(2)9-14/h4-9H,10H2,1-3H3,(H,16,17). The van der Waals surface area contributed by atoms with Gasteiger partial charge in [-0.3, -0.25) is 4.98 Å². The molecule has 1 aromatic carbocycles. The zero-order valence-electron chi connectivity index (χ0n) is 11.0. The minimum atomic E-state index is 0.847. The van der Waals surface area contributed by atoms with Crippen LogP contribution in [0.5, 0.6) is 0 Å². The van der Waals surface area contributed by atoms with Crippen LogP contribution in [-0.2, 0) is 6.54 Å². The average Bonchev–Trinajstić information content (AvgIpc) is 2.37. The molecule has 2 aromatic rings. The summed E-state index contributed by atoms with van der Waals surface area (Å²) in [6.45, 7) is 4.98. The molecule has 1 aromatic heterocycles. The Balaban J connectivity index is 2.10. The fourth-order valence-electron chi connectivity index (χ4n) is 1.85. The highest BCUT2D eigenvalue weighted by Crippen LogP contribution is 2.22. The second-order valence-electron chi connectivity index (χ2n) is 4.35. The van der Waals surface area contributed by atoms with Gasteiger partial charge >= 0.3 is 0 Å². The zero-order chi connectivity index (χ0) is 13.0. The van der Waals surface area contributed by atoms with Gasteiger partial charge < -0.3 is 5.32 Å². The minimum Gasteiger partial charge on any atom is -0.381 e. The SMILES string of the molecule is CSc1cc(C)ccc1CNc1ccnc(C)c1. The number of thioether (sulfide) groups is 1. The molecule has 0 unspecified atom stereocenters. The van der Waals surface area contributed by atoms with Crippen molar-refractivity contribution in [2.24, 2.45) is 0 Å². The topological polar surface area (TPSA) is 24.9 Å². The van der Waals surface area contributed by atoms with Gasteiger partial charge in [0.25, 0.3) is 0 Å². The summed E-state index contributed by atoms with van der Waals surface area (Å²) in [5, 5.41) is 3.44. The van der Waals surface area contributed by atoms with Crippen molar-refractivity contribution in [2.75, 3.05) is 11.6 Å². The van der Waals surface area contributed by atoms with E-state index < -0.39 is 0 Å². The lowest BCUT2D eigenvalue weighted by Gasteiger charge is -2.11. The summed E-state index contributed by atoms with van der Waals surface area (Å²) < 4.78 is 0. The van der Waals surface area contributed by atoms with Gasteiger partial charge in [-0.2, -0.15) is 0 Å². The average molecular weight is 258 g/mol. The highest BCUT2D eigenvalue weighted by atomic mass is 32.2. The first kappa shape index (κ1) is 13.0. The lowest BCUT2D eigenvalue weighted by Crippen LogP contribution is -2.01. The molecule has 0 aliphatic heterocycles. The van der Waals surface area contributed by atoms with E-state index in [2.05, 4.69) is 47.7 Å². The van der Waals surface area contributed by atoms with E-state index in [1.807, 2.05) is 19.2 Å². The summed E-state index contributed by atoms with van der Waals surface area (Å²) in [5.74, 6) is 0. The number of aromatic nitrogens is 1. The number of nitrogens with zero attached hydrogens (tertiary/aromatic N) is 1. The monoisotopic (exact) mass is 258 g/mol. The van der Waals surface area contributed by atoms with E-state index in [1.165, 1.54) is 16.0 Å². The summed E-state index contributed by atoms with van der Waals surface area (Å²) in [5.41, 5.74) is 4.80. The van der Waals surface area contributed by atoms with Crippen molar-refractivity contribution in [3.05, 3.63) is 53.3 Å². The molecular weight excluding hydrogens is 240 g/mol. The number of rotatable bonds is 4. The third-order valence-electron chi connectivity index (χ3n) is 2.82. The molecule has 0 bridgehead atoms. The van der Waals surface area contributed by atoms with Crippen LogP contribution in [0.25, 0.3) is 0 Å². The van der Waals surface area contributed by atoms with E-state index in [0.717, 1.165) is 17.9 Å². The molecule has 3 heteroatoms. The quantitative estimate of drug-likeness (QED) is 0.838. The van der Waals surface area contributed by atoms with Gasteiger partial charge in [-0.05, 0) is 49.4 Å². The predicted octanol–water partition coefficient (Wildman–Crippen LogP) is 4.03. The molecule has 94 valence electrons. The molecule has 0 aliphatic rings. The number of hydrogen-bond acceptors (Lipinski definition) is 3. The summed E-state index contributed by atoms with van der Waals surface area (Å²) in [4.78, 5) is 5.54. The number of anilines is 1. The molecule has 0 fully saturated rings.